The topological polar surface area (TPSA) is 24.1 Å². The lowest BCUT2D eigenvalue weighted by molar-refractivity contribution is 0.355. The Hall–Kier alpha value is -0.380. The van der Waals surface area contributed by atoms with Gasteiger partial charge in [-0.1, -0.05) is 28.1 Å². The highest BCUT2D eigenvalue weighted by molar-refractivity contribution is 9.10. The van der Waals surface area contributed by atoms with Crippen LogP contribution in [-0.4, -0.2) is 25.7 Å². The minimum atomic E-state index is 0.715. The van der Waals surface area contributed by atoms with E-state index in [2.05, 4.69) is 50.8 Å². The molecule has 1 atom stereocenters. The summed E-state index contributed by atoms with van der Waals surface area (Å²) in [6.45, 7) is 3.36. The molecule has 0 saturated carbocycles. The summed E-state index contributed by atoms with van der Waals surface area (Å²) in [5.41, 5.74) is 1.39. The van der Waals surface area contributed by atoms with E-state index < -0.39 is 0 Å². The van der Waals surface area contributed by atoms with Crippen LogP contribution in [-0.2, 0) is 6.42 Å². The molecule has 2 N–H and O–H groups in total. The molecule has 0 radical (unpaired) electrons. The smallest absolute Gasteiger partial charge is 0.0204 e. The number of hydrogen-bond acceptors (Lipinski definition) is 2. The Morgan fingerprint density at radius 1 is 1.47 bits per heavy atom. The molecule has 2 rings (SSSR count). The minimum absolute atomic E-state index is 0.715. The van der Waals surface area contributed by atoms with Crippen LogP contribution in [0.2, 0.25) is 0 Å². The van der Waals surface area contributed by atoms with Crippen molar-refractivity contribution in [2.45, 2.75) is 18.9 Å². The van der Waals surface area contributed by atoms with Crippen molar-refractivity contribution < 1.29 is 0 Å². The van der Waals surface area contributed by atoms with E-state index in [4.69, 9.17) is 0 Å². The molecule has 0 amide bonds. The predicted molar refractivity (Wildman–Crippen MR) is 67.1 cm³/mol. The van der Waals surface area contributed by atoms with E-state index in [1.807, 2.05) is 0 Å². The zero-order chi connectivity index (χ0) is 10.5. The summed E-state index contributed by atoms with van der Waals surface area (Å²) in [6, 6.07) is 9.23. The van der Waals surface area contributed by atoms with Gasteiger partial charge in [-0.15, -0.1) is 0 Å². The van der Waals surface area contributed by atoms with Gasteiger partial charge in [0.05, 0.1) is 0 Å². The third-order valence-electron chi connectivity index (χ3n) is 2.80. The lowest BCUT2D eigenvalue weighted by Crippen LogP contribution is -2.49. The highest BCUT2D eigenvalue weighted by Gasteiger charge is 2.14. The van der Waals surface area contributed by atoms with Gasteiger partial charge in [0.15, 0.2) is 0 Å². The normalized spacial score (nSPS) is 19.9. The fraction of sp³-hybridized carbons (Fsp3) is 0.500. The van der Waals surface area contributed by atoms with Crippen LogP contribution in [0.1, 0.15) is 12.0 Å². The molecule has 2 nitrogen and oxygen atoms in total. The molecule has 0 bridgehead atoms. The van der Waals surface area contributed by atoms with Crippen molar-refractivity contribution >= 4 is 15.9 Å². The summed E-state index contributed by atoms with van der Waals surface area (Å²) < 4.78 is 1.17. The van der Waals surface area contributed by atoms with Crippen LogP contribution in [0.4, 0.5) is 0 Å². The molecule has 1 aliphatic heterocycles. The Balaban J connectivity index is 1.64. The van der Waals surface area contributed by atoms with Crippen LogP contribution in [0, 0.1) is 0 Å². The van der Waals surface area contributed by atoms with Crippen molar-refractivity contribution in [2.24, 2.45) is 0 Å². The first-order valence-corrected chi connectivity index (χ1v) is 6.32. The van der Waals surface area contributed by atoms with Crippen LogP contribution in [0.15, 0.2) is 28.7 Å². The first-order valence-electron chi connectivity index (χ1n) is 5.53. The van der Waals surface area contributed by atoms with E-state index in [0.29, 0.717) is 6.04 Å². The van der Waals surface area contributed by atoms with Crippen molar-refractivity contribution in [1.82, 2.24) is 10.6 Å². The van der Waals surface area contributed by atoms with E-state index in [1.165, 1.54) is 23.0 Å². The van der Waals surface area contributed by atoms with Gasteiger partial charge >= 0.3 is 0 Å². The van der Waals surface area contributed by atoms with Crippen LogP contribution >= 0.6 is 15.9 Å². The summed E-state index contributed by atoms with van der Waals surface area (Å²) >= 11 is 3.48. The van der Waals surface area contributed by atoms with Gasteiger partial charge in [-0.05, 0) is 43.6 Å². The summed E-state index contributed by atoms with van der Waals surface area (Å²) in [5.74, 6) is 0. The fourth-order valence-electron chi connectivity index (χ4n) is 1.72. The second-order valence-electron chi connectivity index (χ2n) is 4.02. The third kappa shape index (κ3) is 3.59. The van der Waals surface area contributed by atoms with Crippen molar-refractivity contribution in [3.05, 3.63) is 34.3 Å². The quantitative estimate of drug-likeness (QED) is 0.798. The van der Waals surface area contributed by atoms with E-state index in [-0.39, 0.29) is 0 Å². The molecule has 1 aliphatic rings. The molecule has 0 spiro atoms. The van der Waals surface area contributed by atoms with Crippen molar-refractivity contribution in [2.75, 3.05) is 19.6 Å². The van der Waals surface area contributed by atoms with Crippen molar-refractivity contribution in [3.8, 4) is 0 Å². The van der Waals surface area contributed by atoms with Gasteiger partial charge in [0.1, 0.15) is 0 Å². The molecular formula is C12H17BrN2. The minimum Gasteiger partial charge on any atom is -0.315 e. The molecule has 1 saturated heterocycles. The van der Waals surface area contributed by atoms with Gasteiger partial charge < -0.3 is 10.6 Å². The van der Waals surface area contributed by atoms with Gasteiger partial charge in [-0.2, -0.15) is 0 Å². The number of nitrogens with one attached hydrogen (secondary N) is 2. The molecule has 0 aliphatic carbocycles. The Morgan fingerprint density at radius 2 is 2.33 bits per heavy atom. The molecule has 0 unspecified atom stereocenters. The average Bonchev–Trinajstić information content (AvgIpc) is 2.15. The number of halogens is 1. The Labute approximate surface area is 99.6 Å². The SMILES string of the molecule is Brc1cccc(CCNC[C@@H]2CCN2)c1. The van der Waals surface area contributed by atoms with Crippen molar-refractivity contribution in [3.63, 3.8) is 0 Å². The number of hydrogen-bond donors (Lipinski definition) is 2. The van der Waals surface area contributed by atoms with Crippen molar-refractivity contribution in [1.29, 1.82) is 0 Å². The Morgan fingerprint density at radius 3 is 3.00 bits per heavy atom. The average molecular weight is 269 g/mol. The maximum absolute atomic E-state index is 3.48. The van der Waals surface area contributed by atoms with Crippen LogP contribution in [0.3, 0.4) is 0 Å². The van der Waals surface area contributed by atoms with E-state index >= 15 is 0 Å². The summed E-state index contributed by atoms with van der Waals surface area (Å²) in [6.07, 6.45) is 2.43. The molecular weight excluding hydrogens is 252 g/mol. The standard InChI is InChI=1S/C12H17BrN2/c13-11-3-1-2-10(8-11)4-6-14-9-12-5-7-15-12/h1-3,8,12,14-15H,4-7,9H2/t12-/m0/s1. The van der Waals surface area contributed by atoms with Gasteiger partial charge in [0.2, 0.25) is 0 Å². The van der Waals surface area contributed by atoms with E-state index in [1.54, 1.807) is 0 Å². The predicted octanol–water partition coefficient (Wildman–Crippen LogP) is 1.94. The lowest BCUT2D eigenvalue weighted by Gasteiger charge is -2.27. The van der Waals surface area contributed by atoms with Crippen LogP contribution in [0.5, 0.6) is 0 Å². The number of rotatable bonds is 5. The Kier molecular flexibility index (Phi) is 4.18. The first kappa shape index (κ1) is 11.1. The first-order chi connectivity index (χ1) is 7.34. The summed E-state index contributed by atoms with van der Waals surface area (Å²) in [7, 11) is 0. The molecule has 0 aromatic heterocycles. The molecule has 82 valence electrons. The third-order valence-corrected chi connectivity index (χ3v) is 3.29. The largest absolute Gasteiger partial charge is 0.315 e. The maximum Gasteiger partial charge on any atom is 0.0204 e. The summed E-state index contributed by atoms with van der Waals surface area (Å²) in [5, 5.41) is 6.86. The van der Waals surface area contributed by atoms with Crippen LogP contribution in [0.25, 0.3) is 0 Å². The van der Waals surface area contributed by atoms with E-state index in [9.17, 15) is 0 Å². The molecule has 3 heteroatoms. The zero-order valence-corrected chi connectivity index (χ0v) is 10.4. The second-order valence-corrected chi connectivity index (χ2v) is 4.94. The van der Waals surface area contributed by atoms with Gasteiger partial charge in [-0.25, -0.2) is 0 Å². The van der Waals surface area contributed by atoms with Gasteiger partial charge in [-0.3, -0.25) is 0 Å². The van der Waals surface area contributed by atoms with Gasteiger partial charge in [0.25, 0.3) is 0 Å². The Bertz CT molecular complexity index is 310. The maximum atomic E-state index is 3.48. The summed E-state index contributed by atoms with van der Waals surface area (Å²) in [4.78, 5) is 0. The van der Waals surface area contributed by atoms with Crippen LogP contribution < -0.4 is 10.6 Å². The monoisotopic (exact) mass is 268 g/mol. The highest BCUT2D eigenvalue weighted by atomic mass is 79.9. The molecule has 1 aromatic rings. The lowest BCUT2D eigenvalue weighted by atomic mass is 10.1. The second kappa shape index (κ2) is 5.64. The van der Waals surface area contributed by atoms with Gasteiger partial charge in [0, 0.05) is 17.1 Å². The van der Waals surface area contributed by atoms with E-state index in [0.717, 1.165) is 19.5 Å². The molecule has 1 aromatic carbocycles. The fourth-order valence-corrected chi connectivity index (χ4v) is 2.17. The number of benzene rings is 1. The molecule has 1 heterocycles. The molecule has 1 fully saturated rings. The zero-order valence-electron chi connectivity index (χ0n) is 8.80. The highest BCUT2D eigenvalue weighted by Crippen LogP contribution is 2.11. The molecule has 15 heavy (non-hydrogen) atoms.